The van der Waals surface area contributed by atoms with Crippen LogP contribution in [0.3, 0.4) is 0 Å². The minimum atomic E-state index is -0.234. The van der Waals surface area contributed by atoms with Crippen molar-refractivity contribution in [2.75, 3.05) is 43.9 Å². The maximum Gasteiger partial charge on any atom is 0.325 e. The molecule has 4 aromatic rings. The van der Waals surface area contributed by atoms with E-state index in [1.54, 1.807) is 36.1 Å². The number of rotatable bonds is 7. The van der Waals surface area contributed by atoms with Crippen LogP contribution >= 0.6 is 0 Å². The highest BCUT2D eigenvalue weighted by molar-refractivity contribution is 6.04. The minimum absolute atomic E-state index is 0.185. The van der Waals surface area contributed by atoms with E-state index in [-0.39, 0.29) is 18.0 Å². The Morgan fingerprint density at radius 1 is 1.03 bits per heavy atom. The Balaban J connectivity index is 1.23. The van der Waals surface area contributed by atoms with Crippen LogP contribution in [0.2, 0.25) is 0 Å². The van der Waals surface area contributed by atoms with Crippen LogP contribution in [0.15, 0.2) is 73.1 Å². The van der Waals surface area contributed by atoms with Gasteiger partial charge in [-0.3, -0.25) is 9.36 Å². The predicted octanol–water partition coefficient (Wildman–Crippen LogP) is 5.11. The smallest absolute Gasteiger partial charge is 0.325 e. The highest BCUT2D eigenvalue weighted by Crippen LogP contribution is 2.29. The van der Waals surface area contributed by atoms with Gasteiger partial charge >= 0.3 is 6.03 Å². The molecule has 5 rings (SSSR count). The first-order valence-electron chi connectivity index (χ1n) is 13.3. The van der Waals surface area contributed by atoms with E-state index in [0.717, 1.165) is 60.5 Å². The maximum atomic E-state index is 12.9. The summed E-state index contributed by atoms with van der Waals surface area (Å²) in [6.07, 6.45) is 5.67. The first-order chi connectivity index (χ1) is 18.9. The lowest BCUT2D eigenvalue weighted by atomic mass is 10.1. The fourth-order valence-electron chi connectivity index (χ4n) is 4.89. The second-order valence-electron chi connectivity index (χ2n) is 9.67. The molecule has 2 aromatic heterocycles. The number of ether oxygens (including phenoxy) is 1. The molecule has 39 heavy (non-hydrogen) atoms. The van der Waals surface area contributed by atoms with E-state index in [9.17, 15) is 9.59 Å². The van der Waals surface area contributed by atoms with Crippen LogP contribution in [0.5, 0.6) is 5.75 Å². The zero-order valence-corrected chi connectivity index (χ0v) is 22.6. The molecule has 2 aromatic carbocycles. The Kier molecular flexibility index (Phi) is 7.79. The average Bonchev–Trinajstić information content (AvgIpc) is 3.40. The number of carbonyl (C=O) groups is 2. The lowest BCUT2D eigenvalue weighted by Crippen LogP contribution is -2.37. The van der Waals surface area contributed by atoms with Gasteiger partial charge in [0.1, 0.15) is 17.7 Å². The van der Waals surface area contributed by atoms with Crippen molar-refractivity contribution in [2.45, 2.75) is 25.9 Å². The number of aromatic nitrogens is 2. The average molecular weight is 527 g/mol. The second-order valence-corrected chi connectivity index (χ2v) is 9.67. The molecule has 9 heteroatoms. The molecular formula is C30H34N6O3. The number of hydrogen-bond donors (Lipinski definition) is 2. The van der Waals surface area contributed by atoms with Crippen LogP contribution in [0.25, 0.3) is 10.9 Å². The van der Waals surface area contributed by atoms with Gasteiger partial charge in [0, 0.05) is 68.0 Å². The summed E-state index contributed by atoms with van der Waals surface area (Å²) < 4.78 is 7.71. The molecule has 1 saturated heterocycles. The van der Waals surface area contributed by atoms with Crippen LogP contribution in [0.1, 0.15) is 30.1 Å². The Morgan fingerprint density at radius 2 is 1.77 bits per heavy atom. The van der Waals surface area contributed by atoms with E-state index in [1.807, 2.05) is 60.5 Å². The van der Waals surface area contributed by atoms with E-state index >= 15 is 0 Å². The van der Waals surface area contributed by atoms with Gasteiger partial charge in [-0.05, 0) is 74.0 Å². The standard InChI is InChI=1S/C30H34N6O3/c1-4-35-16-13-26(14-17-35)39-25-8-5-21(6-9-25)29(37)33-28-20-24(11-15-32-28)34(3)23-7-10-27-22(19-23)12-18-36(27)30(38)31-2/h5-12,15,18-20,26H,4,13-14,16-17H2,1-3H3,(H,31,38)(H,32,33,37). The van der Waals surface area contributed by atoms with Crippen LogP contribution in [-0.4, -0.2) is 66.2 Å². The van der Waals surface area contributed by atoms with Crippen molar-refractivity contribution in [1.29, 1.82) is 0 Å². The van der Waals surface area contributed by atoms with E-state index < -0.39 is 0 Å². The molecule has 0 aliphatic carbocycles. The topological polar surface area (TPSA) is 91.7 Å². The maximum absolute atomic E-state index is 12.9. The normalized spacial score (nSPS) is 14.2. The van der Waals surface area contributed by atoms with Crippen molar-refractivity contribution in [3.63, 3.8) is 0 Å². The molecule has 3 heterocycles. The van der Waals surface area contributed by atoms with Crippen molar-refractivity contribution < 1.29 is 14.3 Å². The molecule has 0 radical (unpaired) electrons. The van der Waals surface area contributed by atoms with Gasteiger partial charge in [0.15, 0.2) is 0 Å². The Morgan fingerprint density at radius 3 is 2.49 bits per heavy atom. The van der Waals surface area contributed by atoms with Gasteiger partial charge in [-0.1, -0.05) is 6.92 Å². The third-order valence-corrected chi connectivity index (χ3v) is 7.27. The van der Waals surface area contributed by atoms with Gasteiger partial charge in [0.05, 0.1) is 5.52 Å². The van der Waals surface area contributed by atoms with Gasteiger partial charge in [0.25, 0.3) is 5.91 Å². The summed E-state index contributed by atoms with van der Waals surface area (Å²) in [7, 11) is 3.56. The molecule has 1 aliphatic rings. The summed E-state index contributed by atoms with van der Waals surface area (Å²) >= 11 is 0. The van der Waals surface area contributed by atoms with Crippen molar-refractivity contribution in [3.8, 4) is 5.75 Å². The van der Waals surface area contributed by atoms with Crippen LogP contribution in [0, 0.1) is 0 Å². The second kappa shape index (κ2) is 11.6. The molecule has 1 fully saturated rings. The number of anilines is 3. The zero-order valence-electron chi connectivity index (χ0n) is 22.6. The molecule has 0 atom stereocenters. The van der Waals surface area contributed by atoms with Gasteiger partial charge in [-0.15, -0.1) is 0 Å². The number of nitrogens with zero attached hydrogens (tertiary/aromatic N) is 4. The lowest BCUT2D eigenvalue weighted by Gasteiger charge is -2.31. The predicted molar refractivity (Wildman–Crippen MR) is 154 cm³/mol. The molecule has 1 aliphatic heterocycles. The molecule has 0 saturated carbocycles. The first-order valence-corrected chi connectivity index (χ1v) is 13.3. The fourth-order valence-corrected chi connectivity index (χ4v) is 4.89. The fraction of sp³-hybridized carbons (Fsp3) is 0.300. The van der Waals surface area contributed by atoms with E-state index in [4.69, 9.17) is 4.74 Å². The van der Waals surface area contributed by atoms with E-state index in [1.165, 1.54) is 0 Å². The number of nitrogens with one attached hydrogen (secondary N) is 2. The number of benzene rings is 2. The number of likely N-dealkylation sites (tertiary alicyclic amines) is 1. The molecule has 2 N–H and O–H groups in total. The quantitative estimate of drug-likeness (QED) is 0.348. The van der Waals surface area contributed by atoms with Gasteiger partial charge in [-0.2, -0.15) is 0 Å². The number of piperidine rings is 1. The highest BCUT2D eigenvalue weighted by Gasteiger charge is 2.19. The highest BCUT2D eigenvalue weighted by atomic mass is 16.5. The monoisotopic (exact) mass is 526 g/mol. The Bertz CT molecular complexity index is 1460. The minimum Gasteiger partial charge on any atom is -0.490 e. The third-order valence-electron chi connectivity index (χ3n) is 7.27. The molecule has 0 spiro atoms. The van der Waals surface area contributed by atoms with E-state index in [2.05, 4.69) is 27.4 Å². The summed E-state index contributed by atoms with van der Waals surface area (Å²) in [6.45, 7) is 5.38. The summed E-state index contributed by atoms with van der Waals surface area (Å²) in [5.74, 6) is 1.01. The summed E-state index contributed by atoms with van der Waals surface area (Å²) in [4.78, 5) is 33.8. The Labute approximate surface area is 228 Å². The van der Waals surface area contributed by atoms with Gasteiger partial charge < -0.3 is 25.2 Å². The van der Waals surface area contributed by atoms with Crippen molar-refractivity contribution in [1.82, 2.24) is 19.8 Å². The van der Waals surface area contributed by atoms with Crippen molar-refractivity contribution in [3.05, 3.63) is 78.6 Å². The number of hydrogen-bond acceptors (Lipinski definition) is 6. The first kappa shape index (κ1) is 26.2. The molecular weight excluding hydrogens is 492 g/mol. The molecule has 0 unspecified atom stereocenters. The summed E-state index contributed by atoms with van der Waals surface area (Å²) in [5.41, 5.74) is 3.17. The third kappa shape index (κ3) is 5.88. The van der Waals surface area contributed by atoms with Gasteiger partial charge in [-0.25, -0.2) is 9.78 Å². The van der Waals surface area contributed by atoms with E-state index in [0.29, 0.717) is 11.4 Å². The van der Waals surface area contributed by atoms with Crippen molar-refractivity contribution in [2.24, 2.45) is 0 Å². The summed E-state index contributed by atoms with van der Waals surface area (Å²) in [5, 5.41) is 6.49. The zero-order chi connectivity index (χ0) is 27.4. The Hall–Kier alpha value is -4.37. The van der Waals surface area contributed by atoms with Crippen LogP contribution in [0.4, 0.5) is 22.0 Å². The summed E-state index contributed by atoms with van der Waals surface area (Å²) in [6, 6.07) is 18.6. The molecule has 2 amide bonds. The molecule has 9 nitrogen and oxygen atoms in total. The lowest BCUT2D eigenvalue weighted by molar-refractivity contribution is 0.102. The number of amides is 2. The van der Waals surface area contributed by atoms with Crippen LogP contribution < -0.4 is 20.3 Å². The SMILES string of the molecule is CCN1CCC(Oc2ccc(C(=O)Nc3cc(N(C)c4ccc5c(ccn5C(=O)NC)c4)ccn3)cc2)CC1. The number of carbonyl (C=O) groups excluding carboxylic acids is 2. The molecule has 202 valence electrons. The number of pyridine rings is 1. The molecule has 0 bridgehead atoms. The van der Waals surface area contributed by atoms with Gasteiger partial charge in [0.2, 0.25) is 0 Å². The van der Waals surface area contributed by atoms with Crippen molar-refractivity contribution >= 4 is 40.0 Å². The largest absolute Gasteiger partial charge is 0.490 e. The van der Waals surface area contributed by atoms with Crippen LogP contribution in [-0.2, 0) is 0 Å². The number of fused-ring (bicyclic) bond motifs is 1.